The van der Waals surface area contributed by atoms with Gasteiger partial charge in [-0.25, -0.2) is 9.78 Å². The first-order chi connectivity index (χ1) is 9.97. The van der Waals surface area contributed by atoms with E-state index < -0.39 is 12.0 Å². The lowest BCUT2D eigenvalue weighted by molar-refractivity contribution is -0.144. The van der Waals surface area contributed by atoms with E-state index in [1.165, 1.54) is 4.90 Å². The molecule has 1 aliphatic carbocycles. The molecule has 2 fully saturated rings. The smallest absolute Gasteiger partial charge is 0.326 e. The molecule has 2 atom stereocenters. The van der Waals surface area contributed by atoms with Gasteiger partial charge < -0.3 is 14.4 Å². The molecule has 114 valence electrons. The minimum absolute atomic E-state index is 0.206. The van der Waals surface area contributed by atoms with Crippen LogP contribution >= 0.6 is 0 Å². The zero-order chi connectivity index (χ0) is 15.1. The molecule has 1 aliphatic heterocycles. The number of hydrogen-bond donors (Lipinski definition) is 1. The average Bonchev–Trinajstić information content (AvgIpc) is 3.21. The standard InChI is InChI=1S/C15H20N2O4/c1-8-5-6-17(11(7-8)15(19)20)14(18)12-9(2)16-13(21-12)10-3-4-10/h8,10-11H,3-7H2,1-2H3,(H,19,20). The van der Waals surface area contributed by atoms with E-state index in [1.807, 2.05) is 6.92 Å². The number of amides is 1. The predicted molar refractivity (Wildman–Crippen MR) is 74.1 cm³/mol. The van der Waals surface area contributed by atoms with Crippen molar-refractivity contribution in [3.63, 3.8) is 0 Å². The fourth-order valence-electron chi connectivity index (χ4n) is 2.87. The Labute approximate surface area is 123 Å². The van der Waals surface area contributed by atoms with Gasteiger partial charge in [-0.2, -0.15) is 0 Å². The molecule has 1 N–H and O–H groups in total. The van der Waals surface area contributed by atoms with Crippen molar-refractivity contribution in [1.82, 2.24) is 9.88 Å². The maximum Gasteiger partial charge on any atom is 0.326 e. The van der Waals surface area contributed by atoms with Gasteiger partial charge >= 0.3 is 5.97 Å². The Kier molecular flexibility index (Phi) is 3.47. The van der Waals surface area contributed by atoms with Crippen molar-refractivity contribution in [2.24, 2.45) is 5.92 Å². The second kappa shape index (κ2) is 5.16. The third kappa shape index (κ3) is 2.66. The highest BCUT2D eigenvalue weighted by molar-refractivity contribution is 5.95. The lowest BCUT2D eigenvalue weighted by Crippen LogP contribution is -2.49. The number of carboxylic acids is 1. The molecule has 6 heteroatoms. The van der Waals surface area contributed by atoms with Crippen LogP contribution in [-0.2, 0) is 4.79 Å². The SMILES string of the molecule is Cc1nc(C2CC2)oc1C(=O)N1CCC(C)CC1C(=O)O. The largest absolute Gasteiger partial charge is 0.480 e. The number of aromatic nitrogens is 1. The maximum atomic E-state index is 12.6. The summed E-state index contributed by atoms with van der Waals surface area (Å²) < 4.78 is 5.61. The highest BCUT2D eigenvalue weighted by atomic mass is 16.4. The van der Waals surface area contributed by atoms with Gasteiger partial charge in [-0.05, 0) is 38.5 Å². The fourth-order valence-corrected chi connectivity index (χ4v) is 2.87. The molecule has 1 aromatic heterocycles. The third-order valence-corrected chi connectivity index (χ3v) is 4.34. The van der Waals surface area contributed by atoms with Gasteiger partial charge in [0.25, 0.3) is 5.91 Å². The quantitative estimate of drug-likeness (QED) is 0.923. The van der Waals surface area contributed by atoms with E-state index in [0.29, 0.717) is 36.4 Å². The van der Waals surface area contributed by atoms with Crippen LogP contribution in [0.4, 0.5) is 0 Å². The molecular formula is C15H20N2O4. The molecule has 2 aliphatic rings. The number of carbonyl (C=O) groups is 2. The topological polar surface area (TPSA) is 83.6 Å². The number of aryl methyl sites for hydroxylation is 1. The van der Waals surface area contributed by atoms with Crippen molar-refractivity contribution < 1.29 is 19.1 Å². The maximum absolute atomic E-state index is 12.6. The van der Waals surface area contributed by atoms with E-state index in [1.54, 1.807) is 6.92 Å². The number of likely N-dealkylation sites (tertiary alicyclic amines) is 1. The van der Waals surface area contributed by atoms with Crippen molar-refractivity contribution in [1.29, 1.82) is 0 Å². The van der Waals surface area contributed by atoms with Crippen molar-refractivity contribution in [3.8, 4) is 0 Å². The monoisotopic (exact) mass is 292 g/mol. The molecule has 0 bridgehead atoms. The Morgan fingerprint density at radius 3 is 2.67 bits per heavy atom. The van der Waals surface area contributed by atoms with Crippen LogP contribution in [0.1, 0.15) is 60.7 Å². The first-order valence-corrected chi connectivity index (χ1v) is 7.48. The number of rotatable bonds is 3. The molecule has 1 saturated carbocycles. The summed E-state index contributed by atoms with van der Waals surface area (Å²) in [5.74, 6) is 0.182. The minimum Gasteiger partial charge on any atom is -0.480 e. The predicted octanol–water partition coefficient (Wildman–Crippen LogP) is 2.19. The molecule has 2 heterocycles. The summed E-state index contributed by atoms with van der Waals surface area (Å²) in [4.78, 5) is 29.8. The van der Waals surface area contributed by atoms with Gasteiger partial charge in [0.05, 0.1) is 5.69 Å². The van der Waals surface area contributed by atoms with Crippen molar-refractivity contribution in [2.75, 3.05) is 6.54 Å². The Bertz CT molecular complexity index is 576. The molecule has 0 aromatic carbocycles. The summed E-state index contributed by atoms with van der Waals surface area (Å²) in [6, 6.07) is -0.768. The van der Waals surface area contributed by atoms with Gasteiger partial charge in [0.1, 0.15) is 6.04 Å². The molecule has 3 rings (SSSR count). The number of nitrogens with zero attached hydrogens (tertiary/aromatic N) is 2. The highest BCUT2D eigenvalue weighted by Crippen LogP contribution is 2.40. The van der Waals surface area contributed by atoms with Crippen LogP contribution in [0.3, 0.4) is 0 Å². The van der Waals surface area contributed by atoms with Gasteiger partial charge in [-0.3, -0.25) is 4.79 Å². The summed E-state index contributed by atoms with van der Waals surface area (Å²) in [6.45, 7) is 4.21. The Hall–Kier alpha value is -1.85. The van der Waals surface area contributed by atoms with E-state index in [2.05, 4.69) is 4.98 Å². The van der Waals surface area contributed by atoms with Crippen molar-refractivity contribution in [2.45, 2.75) is 51.5 Å². The van der Waals surface area contributed by atoms with E-state index in [4.69, 9.17) is 4.42 Å². The van der Waals surface area contributed by atoms with Crippen LogP contribution in [0.2, 0.25) is 0 Å². The zero-order valence-corrected chi connectivity index (χ0v) is 12.3. The Morgan fingerprint density at radius 2 is 2.05 bits per heavy atom. The number of carbonyl (C=O) groups excluding carboxylic acids is 1. The lowest BCUT2D eigenvalue weighted by atomic mass is 9.92. The number of aliphatic carboxylic acids is 1. The van der Waals surface area contributed by atoms with Gasteiger partial charge in [-0.1, -0.05) is 6.92 Å². The zero-order valence-electron chi connectivity index (χ0n) is 12.3. The molecule has 0 spiro atoms. The second-order valence-corrected chi connectivity index (χ2v) is 6.22. The van der Waals surface area contributed by atoms with Gasteiger partial charge in [0.2, 0.25) is 5.76 Å². The molecule has 6 nitrogen and oxygen atoms in total. The van der Waals surface area contributed by atoms with E-state index >= 15 is 0 Å². The molecular weight excluding hydrogens is 272 g/mol. The second-order valence-electron chi connectivity index (χ2n) is 6.22. The summed E-state index contributed by atoms with van der Waals surface area (Å²) in [7, 11) is 0. The molecule has 0 radical (unpaired) electrons. The highest BCUT2D eigenvalue weighted by Gasteiger charge is 2.38. The van der Waals surface area contributed by atoms with Crippen LogP contribution < -0.4 is 0 Å². The summed E-state index contributed by atoms with van der Waals surface area (Å²) in [6.07, 6.45) is 3.40. The van der Waals surface area contributed by atoms with E-state index in [9.17, 15) is 14.7 Å². The van der Waals surface area contributed by atoms with Crippen LogP contribution in [0.25, 0.3) is 0 Å². The Balaban J connectivity index is 1.84. The molecule has 2 unspecified atom stereocenters. The summed E-state index contributed by atoms with van der Waals surface area (Å²) >= 11 is 0. The first-order valence-electron chi connectivity index (χ1n) is 7.48. The van der Waals surface area contributed by atoms with E-state index in [-0.39, 0.29) is 11.7 Å². The summed E-state index contributed by atoms with van der Waals surface area (Å²) in [5.41, 5.74) is 0.560. The van der Waals surface area contributed by atoms with Crippen LogP contribution in [0.15, 0.2) is 4.42 Å². The fraction of sp³-hybridized carbons (Fsp3) is 0.667. The van der Waals surface area contributed by atoms with Crippen LogP contribution in [-0.4, -0.2) is 39.5 Å². The van der Waals surface area contributed by atoms with Gasteiger partial charge in [0, 0.05) is 12.5 Å². The van der Waals surface area contributed by atoms with Gasteiger partial charge in [0.15, 0.2) is 5.89 Å². The average molecular weight is 292 g/mol. The minimum atomic E-state index is -0.950. The first kappa shape index (κ1) is 14.1. The van der Waals surface area contributed by atoms with E-state index in [0.717, 1.165) is 19.3 Å². The third-order valence-electron chi connectivity index (χ3n) is 4.34. The number of hydrogen-bond acceptors (Lipinski definition) is 4. The number of oxazole rings is 1. The van der Waals surface area contributed by atoms with Gasteiger partial charge in [-0.15, -0.1) is 0 Å². The Morgan fingerprint density at radius 1 is 1.33 bits per heavy atom. The molecule has 1 amide bonds. The van der Waals surface area contributed by atoms with Crippen LogP contribution in [0, 0.1) is 12.8 Å². The normalized spacial score (nSPS) is 25.9. The number of carboxylic acid groups (broad SMARTS) is 1. The van der Waals surface area contributed by atoms with Crippen molar-refractivity contribution >= 4 is 11.9 Å². The molecule has 1 aromatic rings. The molecule has 1 saturated heterocycles. The lowest BCUT2D eigenvalue weighted by Gasteiger charge is -2.35. The van der Waals surface area contributed by atoms with Crippen molar-refractivity contribution in [3.05, 3.63) is 17.3 Å². The number of piperidine rings is 1. The van der Waals surface area contributed by atoms with Crippen LogP contribution in [0.5, 0.6) is 0 Å². The molecule has 21 heavy (non-hydrogen) atoms. The summed E-state index contributed by atoms with van der Waals surface area (Å²) in [5, 5.41) is 9.35.